The third-order valence-electron chi connectivity index (χ3n) is 2.31. The normalized spacial score (nSPS) is 10.9. The highest BCUT2D eigenvalue weighted by atomic mass is 16.6. The lowest BCUT2D eigenvalue weighted by molar-refractivity contribution is -0.108. The molecule has 5 nitrogen and oxygen atoms in total. The van der Waals surface area contributed by atoms with Crippen LogP contribution in [0.15, 0.2) is 23.4 Å². The molecule has 98 valence electrons. The lowest BCUT2D eigenvalue weighted by Crippen LogP contribution is -2.24. The molecule has 0 atom stereocenters. The number of carbonyl (C=O) groups is 1. The number of amidine groups is 1. The van der Waals surface area contributed by atoms with Crippen LogP contribution in [0, 0.1) is 6.92 Å². The number of amides is 1. The zero-order chi connectivity index (χ0) is 13.4. The fraction of sp³-hybridized carbons (Fsp3) is 0.385. The number of nitrogens with zero attached hydrogens (tertiary/aromatic N) is 1. The summed E-state index contributed by atoms with van der Waals surface area (Å²) < 4.78 is 5.56. The summed E-state index contributed by atoms with van der Waals surface area (Å²) in [5.41, 5.74) is 2.07. The molecular formula is C13H18N2O3. The van der Waals surface area contributed by atoms with Gasteiger partial charge in [-0.05, 0) is 25.5 Å². The van der Waals surface area contributed by atoms with E-state index in [0.29, 0.717) is 25.3 Å². The molecule has 0 saturated carbocycles. The minimum absolute atomic E-state index is 0.442. The smallest absolute Gasteiger partial charge is 0.212 e. The lowest BCUT2D eigenvalue weighted by Gasteiger charge is -2.11. The van der Waals surface area contributed by atoms with Gasteiger partial charge in [-0.3, -0.25) is 4.79 Å². The molecule has 18 heavy (non-hydrogen) atoms. The standard InChI is InChI=1S/C13H18N2O3/c1-4-18-12-7-10(2)5-6-11(12)8-13(14-9-16)15-17-3/h5-7,9H,4,8H2,1-3H3,(H,14,15,16). The fourth-order valence-electron chi connectivity index (χ4n) is 1.57. The van der Waals surface area contributed by atoms with E-state index in [1.54, 1.807) is 0 Å². The van der Waals surface area contributed by atoms with E-state index in [-0.39, 0.29) is 0 Å². The van der Waals surface area contributed by atoms with E-state index in [2.05, 4.69) is 15.3 Å². The van der Waals surface area contributed by atoms with Gasteiger partial charge < -0.3 is 14.9 Å². The van der Waals surface area contributed by atoms with E-state index in [0.717, 1.165) is 16.9 Å². The fourth-order valence-corrected chi connectivity index (χ4v) is 1.57. The van der Waals surface area contributed by atoms with Gasteiger partial charge in [0.1, 0.15) is 12.9 Å². The van der Waals surface area contributed by atoms with Crippen molar-refractivity contribution >= 4 is 12.2 Å². The number of nitrogens with one attached hydrogen (secondary N) is 1. The number of carbonyl (C=O) groups excluding carboxylic acids is 1. The number of benzene rings is 1. The topological polar surface area (TPSA) is 59.9 Å². The van der Waals surface area contributed by atoms with Crippen molar-refractivity contribution in [2.24, 2.45) is 5.16 Å². The van der Waals surface area contributed by atoms with Crippen molar-refractivity contribution in [2.75, 3.05) is 13.7 Å². The maximum absolute atomic E-state index is 10.5. The van der Waals surface area contributed by atoms with E-state index in [9.17, 15) is 4.79 Å². The Labute approximate surface area is 107 Å². The van der Waals surface area contributed by atoms with Crippen LogP contribution in [0.25, 0.3) is 0 Å². The van der Waals surface area contributed by atoms with Crippen LogP contribution in [0.4, 0.5) is 0 Å². The van der Waals surface area contributed by atoms with Crippen molar-refractivity contribution in [2.45, 2.75) is 20.3 Å². The molecule has 1 amide bonds. The minimum atomic E-state index is 0.442. The number of ether oxygens (including phenoxy) is 1. The van der Waals surface area contributed by atoms with Crippen LogP contribution in [-0.4, -0.2) is 26.0 Å². The van der Waals surface area contributed by atoms with Crippen LogP contribution in [-0.2, 0) is 16.1 Å². The summed E-state index contributed by atoms with van der Waals surface area (Å²) in [5, 5.41) is 6.26. The first-order valence-corrected chi connectivity index (χ1v) is 5.73. The van der Waals surface area contributed by atoms with E-state index < -0.39 is 0 Å². The second-order valence-corrected chi connectivity index (χ2v) is 3.70. The van der Waals surface area contributed by atoms with Gasteiger partial charge in [0.25, 0.3) is 0 Å². The van der Waals surface area contributed by atoms with Gasteiger partial charge in [-0.25, -0.2) is 0 Å². The highest BCUT2D eigenvalue weighted by Gasteiger charge is 2.08. The molecule has 0 spiro atoms. The zero-order valence-electron chi connectivity index (χ0n) is 10.9. The molecule has 5 heteroatoms. The van der Waals surface area contributed by atoms with Gasteiger partial charge in [0.15, 0.2) is 5.84 Å². The average molecular weight is 250 g/mol. The van der Waals surface area contributed by atoms with Gasteiger partial charge in [-0.15, -0.1) is 0 Å². The molecule has 0 heterocycles. The lowest BCUT2D eigenvalue weighted by atomic mass is 10.1. The Morgan fingerprint density at radius 2 is 2.28 bits per heavy atom. The molecule has 0 aromatic heterocycles. The summed E-state index contributed by atoms with van der Waals surface area (Å²) >= 11 is 0. The Bertz CT molecular complexity index is 430. The Balaban J connectivity index is 2.93. The van der Waals surface area contributed by atoms with Crippen LogP contribution < -0.4 is 10.1 Å². The number of hydrogen-bond donors (Lipinski definition) is 1. The molecule has 0 unspecified atom stereocenters. The number of rotatable bonds is 6. The van der Waals surface area contributed by atoms with Crippen molar-refractivity contribution in [1.29, 1.82) is 0 Å². The van der Waals surface area contributed by atoms with Crippen LogP contribution >= 0.6 is 0 Å². The van der Waals surface area contributed by atoms with E-state index in [1.165, 1.54) is 7.11 Å². The Hall–Kier alpha value is -2.04. The minimum Gasteiger partial charge on any atom is -0.494 e. The molecule has 1 N–H and O–H groups in total. The molecule has 0 radical (unpaired) electrons. The third-order valence-corrected chi connectivity index (χ3v) is 2.31. The largest absolute Gasteiger partial charge is 0.494 e. The van der Waals surface area contributed by atoms with E-state index in [1.807, 2.05) is 32.0 Å². The number of oxime groups is 1. The van der Waals surface area contributed by atoms with Gasteiger partial charge in [-0.2, -0.15) is 0 Å². The molecule has 1 aromatic carbocycles. The predicted octanol–water partition coefficient (Wildman–Crippen LogP) is 1.64. The first-order valence-electron chi connectivity index (χ1n) is 5.73. The summed E-state index contributed by atoms with van der Waals surface area (Å²) in [6.45, 7) is 4.52. The Morgan fingerprint density at radius 1 is 1.50 bits per heavy atom. The molecule has 0 fully saturated rings. The summed E-state index contributed by atoms with van der Waals surface area (Å²) in [4.78, 5) is 15.1. The Morgan fingerprint density at radius 3 is 2.89 bits per heavy atom. The van der Waals surface area contributed by atoms with Crippen molar-refractivity contribution in [3.63, 3.8) is 0 Å². The number of aryl methyl sites for hydroxylation is 1. The van der Waals surface area contributed by atoms with Gasteiger partial charge in [0.05, 0.1) is 6.61 Å². The highest BCUT2D eigenvalue weighted by Crippen LogP contribution is 2.21. The van der Waals surface area contributed by atoms with E-state index >= 15 is 0 Å². The van der Waals surface area contributed by atoms with Gasteiger partial charge in [0, 0.05) is 12.0 Å². The van der Waals surface area contributed by atoms with Crippen LogP contribution in [0.3, 0.4) is 0 Å². The monoisotopic (exact) mass is 250 g/mol. The van der Waals surface area contributed by atoms with Gasteiger partial charge >= 0.3 is 0 Å². The SMILES string of the molecule is CCOc1cc(C)ccc1C/C(=N/OC)NC=O. The average Bonchev–Trinajstić information content (AvgIpc) is 2.33. The zero-order valence-corrected chi connectivity index (χ0v) is 10.9. The van der Waals surface area contributed by atoms with E-state index in [4.69, 9.17) is 4.74 Å². The maximum atomic E-state index is 10.5. The second kappa shape index (κ2) is 7.32. The summed E-state index contributed by atoms with van der Waals surface area (Å²) in [6, 6.07) is 5.91. The molecule has 1 aromatic rings. The molecule has 0 aliphatic rings. The second-order valence-electron chi connectivity index (χ2n) is 3.70. The quantitative estimate of drug-likeness (QED) is 0.361. The summed E-state index contributed by atoms with van der Waals surface area (Å²) in [6.07, 6.45) is 1.02. The summed E-state index contributed by atoms with van der Waals surface area (Å²) in [5.74, 6) is 1.24. The maximum Gasteiger partial charge on any atom is 0.212 e. The predicted molar refractivity (Wildman–Crippen MR) is 69.7 cm³/mol. The van der Waals surface area contributed by atoms with Crippen molar-refractivity contribution in [3.05, 3.63) is 29.3 Å². The molecule has 0 bridgehead atoms. The summed E-state index contributed by atoms with van der Waals surface area (Å²) in [7, 11) is 1.44. The van der Waals surface area contributed by atoms with Crippen molar-refractivity contribution < 1.29 is 14.4 Å². The highest BCUT2D eigenvalue weighted by molar-refractivity contribution is 5.92. The first kappa shape index (κ1) is 14.0. The van der Waals surface area contributed by atoms with Crippen LogP contribution in [0.2, 0.25) is 0 Å². The van der Waals surface area contributed by atoms with Crippen LogP contribution in [0.5, 0.6) is 5.75 Å². The van der Waals surface area contributed by atoms with Gasteiger partial charge in [-0.1, -0.05) is 17.3 Å². The molecule has 0 saturated heterocycles. The molecule has 0 aliphatic carbocycles. The third kappa shape index (κ3) is 4.08. The van der Waals surface area contributed by atoms with Crippen molar-refractivity contribution in [1.82, 2.24) is 5.32 Å². The molecule has 1 rings (SSSR count). The molecular weight excluding hydrogens is 232 g/mol. The first-order chi connectivity index (χ1) is 8.71. The van der Waals surface area contributed by atoms with Crippen LogP contribution in [0.1, 0.15) is 18.1 Å². The number of hydrogen-bond acceptors (Lipinski definition) is 4. The molecule has 0 aliphatic heterocycles. The van der Waals surface area contributed by atoms with Crippen molar-refractivity contribution in [3.8, 4) is 5.75 Å². The Kier molecular flexibility index (Phi) is 5.70. The van der Waals surface area contributed by atoms with Gasteiger partial charge in [0.2, 0.25) is 6.41 Å².